The van der Waals surface area contributed by atoms with Crippen molar-refractivity contribution in [3.05, 3.63) is 63.6 Å². The smallest absolute Gasteiger partial charge is 0.349 e. The second-order valence-corrected chi connectivity index (χ2v) is 13.8. The average molecular weight is 657 g/mol. The van der Waals surface area contributed by atoms with Gasteiger partial charge in [-0.15, -0.1) is 11.8 Å². The SMILES string of the molecule is C=CC(=O)N1C[C@H](C)N(c2nc(=O)n3c4c(c(-c5cc(Cl)c(F)cc5F)c(C)cc24)SCC(N2CCN(CC)CC2)C3)C[C@H]1C. The van der Waals surface area contributed by atoms with Crippen LogP contribution < -0.4 is 10.6 Å². The quantitative estimate of drug-likeness (QED) is 0.282. The van der Waals surface area contributed by atoms with E-state index >= 15 is 4.39 Å². The molecule has 3 atom stereocenters. The van der Waals surface area contributed by atoms with E-state index in [1.165, 1.54) is 12.1 Å². The van der Waals surface area contributed by atoms with E-state index in [9.17, 15) is 14.0 Å². The molecular weight excluding hydrogens is 618 g/mol. The maximum absolute atomic E-state index is 15.5. The van der Waals surface area contributed by atoms with Crippen LogP contribution in [-0.4, -0.2) is 99.8 Å². The van der Waals surface area contributed by atoms with Crippen LogP contribution in [-0.2, 0) is 11.3 Å². The fraction of sp³-hybridized carbons (Fsp3) is 0.485. The maximum atomic E-state index is 15.5. The third-order valence-corrected chi connectivity index (χ3v) is 11.1. The summed E-state index contributed by atoms with van der Waals surface area (Å²) in [7, 11) is 0. The number of carbonyl (C=O) groups excluding carboxylic acids is 1. The van der Waals surface area contributed by atoms with Crippen LogP contribution in [0.3, 0.4) is 0 Å². The van der Waals surface area contributed by atoms with Gasteiger partial charge in [-0.2, -0.15) is 4.98 Å². The Morgan fingerprint density at radius 1 is 1.09 bits per heavy atom. The summed E-state index contributed by atoms with van der Waals surface area (Å²) in [6, 6.07) is 3.95. The number of halogens is 3. The predicted octanol–water partition coefficient (Wildman–Crippen LogP) is 5.03. The Bertz CT molecular complexity index is 1730. The summed E-state index contributed by atoms with van der Waals surface area (Å²) in [6.45, 7) is 17.9. The van der Waals surface area contributed by atoms with E-state index in [2.05, 4.69) is 28.2 Å². The number of nitrogens with zero attached hydrogens (tertiary/aromatic N) is 6. The van der Waals surface area contributed by atoms with E-state index in [0.717, 1.165) is 54.6 Å². The predicted molar refractivity (Wildman–Crippen MR) is 177 cm³/mol. The number of rotatable bonds is 5. The van der Waals surface area contributed by atoms with Crippen molar-refractivity contribution < 1.29 is 13.6 Å². The molecule has 0 radical (unpaired) electrons. The molecule has 1 aromatic heterocycles. The molecule has 4 heterocycles. The van der Waals surface area contributed by atoms with Gasteiger partial charge in [0.25, 0.3) is 0 Å². The number of carbonyl (C=O) groups is 1. The lowest BCUT2D eigenvalue weighted by Gasteiger charge is -2.44. The van der Waals surface area contributed by atoms with Crippen molar-refractivity contribution in [3.8, 4) is 11.1 Å². The zero-order valence-corrected chi connectivity index (χ0v) is 27.7. The lowest BCUT2D eigenvalue weighted by atomic mass is 9.96. The van der Waals surface area contributed by atoms with Gasteiger partial charge in [-0.3, -0.25) is 14.3 Å². The van der Waals surface area contributed by atoms with Gasteiger partial charge in [0, 0.05) is 97.2 Å². The minimum absolute atomic E-state index is 0.0668. The summed E-state index contributed by atoms with van der Waals surface area (Å²) in [6.07, 6.45) is 1.33. The fourth-order valence-electron chi connectivity index (χ4n) is 7.05. The Morgan fingerprint density at radius 3 is 2.51 bits per heavy atom. The van der Waals surface area contributed by atoms with Crippen molar-refractivity contribution in [1.29, 1.82) is 0 Å². The highest BCUT2D eigenvalue weighted by Crippen LogP contribution is 2.45. The van der Waals surface area contributed by atoms with E-state index in [4.69, 9.17) is 16.6 Å². The molecule has 0 saturated carbocycles. The molecule has 1 unspecified atom stereocenters. The minimum atomic E-state index is -0.818. The first-order chi connectivity index (χ1) is 21.5. The number of hydrogen-bond donors (Lipinski definition) is 0. The van der Waals surface area contributed by atoms with Gasteiger partial charge >= 0.3 is 5.69 Å². The maximum Gasteiger partial charge on any atom is 0.350 e. The number of anilines is 1. The van der Waals surface area contributed by atoms with Crippen LogP contribution in [0.1, 0.15) is 26.3 Å². The molecule has 2 saturated heterocycles. The Balaban J connectivity index is 1.53. The molecular formula is C33H39ClF2N6O2S. The van der Waals surface area contributed by atoms with Gasteiger partial charge in [-0.25, -0.2) is 13.6 Å². The molecule has 6 rings (SSSR count). The van der Waals surface area contributed by atoms with Gasteiger partial charge in [-0.05, 0) is 51.1 Å². The second kappa shape index (κ2) is 12.7. The fourth-order valence-corrected chi connectivity index (χ4v) is 8.67. The van der Waals surface area contributed by atoms with E-state index in [-0.39, 0.29) is 40.3 Å². The first kappa shape index (κ1) is 32.0. The number of aryl methyl sites for hydroxylation is 1. The molecule has 0 aliphatic carbocycles. The number of thioether (sulfide) groups is 1. The van der Waals surface area contributed by atoms with Crippen molar-refractivity contribution in [2.45, 2.75) is 57.3 Å². The molecule has 2 fully saturated rings. The topological polar surface area (TPSA) is 64.9 Å². The number of amides is 1. The third-order valence-electron chi connectivity index (χ3n) is 9.57. The molecule has 2 aromatic carbocycles. The highest BCUT2D eigenvalue weighted by atomic mass is 35.5. The van der Waals surface area contributed by atoms with Crippen LogP contribution >= 0.6 is 23.4 Å². The summed E-state index contributed by atoms with van der Waals surface area (Å²) < 4.78 is 31.5. The molecule has 3 aromatic rings. The zero-order chi connectivity index (χ0) is 32.2. The van der Waals surface area contributed by atoms with Gasteiger partial charge in [0.15, 0.2) is 0 Å². The summed E-state index contributed by atoms with van der Waals surface area (Å²) >= 11 is 7.80. The van der Waals surface area contributed by atoms with Crippen molar-refractivity contribution in [2.75, 3.05) is 56.5 Å². The lowest BCUT2D eigenvalue weighted by Crippen LogP contribution is -2.58. The van der Waals surface area contributed by atoms with Crippen LogP contribution in [0.5, 0.6) is 0 Å². The number of aromatic nitrogens is 2. The summed E-state index contributed by atoms with van der Waals surface area (Å²) in [5.74, 6) is -0.401. The van der Waals surface area contributed by atoms with Crippen molar-refractivity contribution in [1.82, 2.24) is 24.3 Å². The van der Waals surface area contributed by atoms with Gasteiger partial charge in [0.2, 0.25) is 5.91 Å². The van der Waals surface area contributed by atoms with E-state index in [0.29, 0.717) is 42.3 Å². The van der Waals surface area contributed by atoms with Crippen LogP contribution in [0.15, 0.2) is 40.5 Å². The molecule has 240 valence electrons. The zero-order valence-electron chi connectivity index (χ0n) is 26.2. The van der Waals surface area contributed by atoms with E-state index < -0.39 is 11.6 Å². The number of piperazine rings is 2. The monoisotopic (exact) mass is 656 g/mol. The standard InChI is InChI=1S/C33H39ClF2N6O2S/c1-6-28(43)40-15-21(5)41(16-20(40)4)32-24-12-19(3)29(23-13-25(34)27(36)14-26(23)35)31-30(24)42(33(44)37-32)17-22(18-45-31)39-10-8-38(7-2)9-11-39/h6,12-14,20-22H,1,7-11,15-18H2,2-5H3/t20-,21+,22?/m1/s1. The second-order valence-electron chi connectivity index (χ2n) is 12.3. The van der Waals surface area contributed by atoms with Gasteiger partial charge < -0.3 is 14.7 Å². The largest absolute Gasteiger partial charge is 0.350 e. The molecule has 12 heteroatoms. The molecule has 8 nitrogen and oxygen atoms in total. The Kier molecular flexibility index (Phi) is 8.99. The Morgan fingerprint density at radius 2 is 1.82 bits per heavy atom. The van der Waals surface area contributed by atoms with Crippen molar-refractivity contribution >= 4 is 46.0 Å². The number of benzene rings is 2. The number of hydrogen-bond acceptors (Lipinski definition) is 7. The molecule has 1 amide bonds. The molecule has 0 N–H and O–H groups in total. The highest BCUT2D eigenvalue weighted by Gasteiger charge is 2.36. The lowest BCUT2D eigenvalue weighted by molar-refractivity contribution is -0.128. The normalized spacial score (nSPS) is 23.0. The first-order valence-electron chi connectivity index (χ1n) is 15.5. The molecule has 45 heavy (non-hydrogen) atoms. The van der Waals surface area contributed by atoms with Gasteiger partial charge in [0.1, 0.15) is 17.5 Å². The summed E-state index contributed by atoms with van der Waals surface area (Å²) in [4.78, 5) is 40.8. The summed E-state index contributed by atoms with van der Waals surface area (Å²) in [5.41, 5.74) is 1.92. The molecule has 0 bridgehead atoms. The number of likely N-dealkylation sites (N-methyl/N-ethyl adjacent to an activating group) is 1. The Labute approximate surface area is 271 Å². The van der Waals surface area contributed by atoms with E-state index in [1.54, 1.807) is 21.2 Å². The van der Waals surface area contributed by atoms with Crippen molar-refractivity contribution in [3.63, 3.8) is 0 Å². The van der Waals surface area contributed by atoms with Crippen LogP contribution in [0.25, 0.3) is 22.0 Å². The Hall–Kier alpha value is -2.99. The molecule has 3 aliphatic heterocycles. The van der Waals surface area contributed by atoms with Crippen LogP contribution in [0.4, 0.5) is 14.6 Å². The average Bonchev–Trinajstić information content (AvgIpc) is 3.23. The van der Waals surface area contributed by atoms with Gasteiger partial charge in [-0.1, -0.05) is 25.1 Å². The summed E-state index contributed by atoms with van der Waals surface area (Å²) in [5, 5.41) is 0.636. The first-order valence-corrected chi connectivity index (χ1v) is 16.9. The van der Waals surface area contributed by atoms with E-state index in [1.807, 2.05) is 26.8 Å². The molecule has 3 aliphatic rings. The van der Waals surface area contributed by atoms with Crippen molar-refractivity contribution in [2.24, 2.45) is 0 Å². The van der Waals surface area contributed by atoms with Crippen LogP contribution in [0, 0.1) is 18.6 Å². The van der Waals surface area contributed by atoms with Crippen LogP contribution in [0.2, 0.25) is 5.02 Å². The molecule has 0 spiro atoms. The minimum Gasteiger partial charge on any atom is -0.349 e. The third kappa shape index (κ3) is 5.77. The highest BCUT2D eigenvalue weighted by molar-refractivity contribution is 7.99. The van der Waals surface area contributed by atoms with Gasteiger partial charge in [0.05, 0.1) is 10.5 Å².